The molecular weight excluding hydrogens is 665 g/mol. The van der Waals surface area contributed by atoms with E-state index in [4.69, 9.17) is 8.83 Å². The summed E-state index contributed by atoms with van der Waals surface area (Å²) in [5.74, 6) is -2.63. The van der Waals surface area contributed by atoms with Crippen LogP contribution >= 0.6 is 47.0 Å². The first-order chi connectivity index (χ1) is 21.1. The molecule has 4 aromatic carbocycles. The summed E-state index contributed by atoms with van der Waals surface area (Å²) < 4.78 is 11.7. The molecule has 0 N–H and O–H groups in total. The normalized spacial score (nSPS) is 10.9. The summed E-state index contributed by atoms with van der Waals surface area (Å²) in [6, 6.07) is 15.9. The van der Waals surface area contributed by atoms with Gasteiger partial charge >= 0.3 is 23.1 Å². The zero-order valence-electron chi connectivity index (χ0n) is 24.4. The van der Waals surface area contributed by atoms with Crippen molar-refractivity contribution in [3.63, 3.8) is 0 Å². The van der Waals surface area contributed by atoms with Crippen LogP contribution in [0.5, 0.6) is 0 Å². The van der Waals surface area contributed by atoms with E-state index in [2.05, 4.69) is 0 Å². The first-order valence-electron chi connectivity index (χ1n) is 12.8. The van der Waals surface area contributed by atoms with E-state index in [1.54, 1.807) is 12.1 Å². The second kappa shape index (κ2) is 14.6. The van der Waals surface area contributed by atoms with Gasteiger partial charge in [0.2, 0.25) is 10.9 Å². The minimum absolute atomic E-state index is 0. The predicted molar refractivity (Wildman–Crippen MR) is 182 cm³/mol. The van der Waals surface area contributed by atoms with Gasteiger partial charge in [-0.15, -0.1) is 47.0 Å². The van der Waals surface area contributed by atoms with Crippen LogP contribution in [0.1, 0.15) is 20.7 Å². The Morgan fingerprint density at radius 2 is 0.933 bits per heavy atom. The Bertz CT molecular complexity index is 2090. The number of carbonyl (C=O) groups is 2. The molecule has 0 fully saturated rings. The fourth-order valence-corrected chi connectivity index (χ4v) is 6.85. The van der Waals surface area contributed by atoms with Gasteiger partial charge in [0.25, 0.3) is 0 Å². The van der Waals surface area contributed by atoms with Gasteiger partial charge in [-0.2, -0.15) is 0 Å². The van der Waals surface area contributed by atoms with Crippen LogP contribution in [0.3, 0.4) is 0 Å². The van der Waals surface area contributed by atoms with Gasteiger partial charge in [-0.1, -0.05) is 0 Å². The minimum Gasteiger partial charge on any atom is -0.545 e. The molecule has 45 heavy (non-hydrogen) atoms. The molecule has 0 saturated heterocycles. The zero-order chi connectivity index (χ0) is 31.7. The third kappa shape index (κ3) is 6.88. The van der Waals surface area contributed by atoms with Crippen molar-refractivity contribution in [2.24, 2.45) is 0 Å². The van der Waals surface area contributed by atoms with Crippen LogP contribution in [0.25, 0.3) is 43.9 Å². The van der Waals surface area contributed by atoms with Gasteiger partial charge in [-0.05, 0) is 96.8 Å². The van der Waals surface area contributed by atoms with E-state index in [0.29, 0.717) is 33.1 Å². The molecule has 0 bridgehead atoms. The van der Waals surface area contributed by atoms with Crippen LogP contribution in [0.4, 0.5) is 0 Å². The molecule has 0 atom stereocenters. The van der Waals surface area contributed by atoms with Crippen LogP contribution in [0.15, 0.2) is 98.7 Å². The van der Waals surface area contributed by atoms with E-state index in [1.807, 2.05) is 37.2 Å². The predicted octanol–water partition coefficient (Wildman–Crippen LogP) is 5.13. The second-order valence-corrected chi connectivity index (χ2v) is 12.7. The number of hydrogen-bond acceptors (Lipinski definition) is 12. The number of rotatable bonds is 6. The quantitative estimate of drug-likeness (QED) is 0.130. The molecule has 0 aliphatic heterocycles. The molecule has 13 heteroatoms. The summed E-state index contributed by atoms with van der Waals surface area (Å²) in [5.41, 5.74) is 1.27. The topological polar surface area (TPSA) is 141 Å². The average molecular weight is 687 g/mol. The summed E-state index contributed by atoms with van der Waals surface area (Å²) in [5, 5.41) is 23.4. The number of hydrogen-bond donors (Lipinski definition) is 0. The fourth-order valence-electron chi connectivity index (χ4n) is 4.60. The molecule has 224 valence electrons. The molecule has 6 rings (SSSR count). The molecule has 6 aromatic rings. The van der Waals surface area contributed by atoms with Crippen molar-refractivity contribution in [3.8, 4) is 0 Å². The van der Waals surface area contributed by atoms with Crippen LogP contribution < -0.4 is 21.1 Å². The van der Waals surface area contributed by atoms with Gasteiger partial charge in [0.05, 0.1) is 43.3 Å². The first-order valence-corrected chi connectivity index (χ1v) is 17.7. The van der Waals surface area contributed by atoms with E-state index in [-0.39, 0.29) is 55.8 Å². The van der Waals surface area contributed by atoms with E-state index in [0.717, 1.165) is 19.6 Å². The fraction of sp³-hybridized carbons (Fsp3) is 0.125. The first kappa shape index (κ1) is 34.8. The summed E-state index contributed by atoms with van der Waals surface area (Å²) in [4.78, 5) is 51.0. The third-order valence-corrected chi connectivity index (χ3v) is 9.70. The monoisotopic (exact) mass is 686 g/mol. The maximum Gasteiger partial charge on any atom is 2.00 e. The molecular formula is C32H22MgO8S4. The second-order valence-electron chi connectivity index (χ2n) is 9.27. The number of benzene rings is 4. The summed E-state index contributed by atoms with van der Waals surface area (Å²) in [6.07, 6.45) is 7.70. The van der Waals surface area contributed by atoms with E-state index >= 15 is 0 Å². The van der Waals surface area contributed by atoms with Gasteiger partial charge in [0.15, 0.2) is 11.2 Å². The molecule has 8 nitrogen and oxygen atoms in total. The Kier molecular flexibility index (Phi) is 11.3. The van der Waals surface area contributed by atoms with E-state index < -0.39 is 11.9 Å². The minimum atomic E-state index is -1.32. The van der Waals surface area contributed by atoms with E-state index in [9.17, 15) is 29.4 Å². The Balaban J connectivity index is 0.000000200. The molecule has 0 aliphatic rings. The molecule has 0 aliphatic carbocycles. The molecule has 0 saturated carbocycles. The van der Waals surface area contributed by atoms with Crippen LogP contribution in [-0.2, 0) is 0 Å². The molecule has 2 aromatic heterocycles. The SMILES string of the molecule is CSc1cc(SC)c2oc3ccc(C(=O)[O-])cc3c(=O)c2c1.CSc1cc(SC)c2oc3ccc(C(=O)[O-])cc3c(=O)c2c1.[Mg+2]. The molecule has 0 amide bonds. The van der Waals surface area contributed by atoms with Crippen molar-refractivity contribution in [1.82, 2.24) is 0 Å². The number of fused-ring (bicyclic) bond motifs is 4. The Morgan fingerprint density at radius 3 is 1.24 bits per heavy atom. The van der Waals surface area contributed by atoms with Gasteiger partial charge < -0.3 is 28.6 Å². The van der Waals surface area contributed by atoms with Crippen LogP contribution in [-0.4, -0.2) is 60.0 Å². The van der Waals surface area contributed by atoms with Gasteiger partial charge in [-0.3, -0.25) is 9.59 Å². The maximum atomic E-state index is 12.7. The van der Waals surface area contributed by atoms with Gasteiger partial charge in [0.1, 0.15) is 11.2 Å². The Labute approximate surface area is 289 Å². The van der Waals surface area contributed by atoms with E-state index in [1.165, 1.54) is 83.4 Å². The van der Waals surface area contributed by atoms with Crippen molar-refractivity contribution in [1.29, 1.82) is 0 Å². The standard InChI is InChI=1S/2C16H12O4S2.Mg/c2*1-21-9-6-11-14(17)10-5-8(16(18)19)3-4-12(10)20-15(11)13(7-9)22-2;/h2*3-7H,1-2H3,(H,18,19);/q;;+2/p-2. The van der Waals surface area contributed by atoms with Crippen molar-refractivity contribution in [2.45, 2.75) is 19.6 Å². The summed E-state index contributed by atoms with van der Waals surface area (Å²) in [6.45, 7) is 0. The Hall–Kier alpha value is -3.07. The van der Waals surface area contributed by atoms with Crippen molar-refractivity contribution < 1.29 is 28.6 Å². The molecule has 0 spiro atoms. The van der Waals surface area contributed by atoms with Crippen molar-refractivity contribution in [2.75, 3.05) is 25.0 Å². The van der Waals surface area contributed by atoms with Crippen LogP contribution in [0.2, 0.25) is 0 Å². The van der Waals surface area contributed by atoms with Gasteiger partial charge in [-0.25, -0.2) is 0 Å². The number of aromatic carboxylic acids is 2. The summed E-state index contributed by atoms with van der Waals surface area (Å²) >= 11 is 6.08. The summed E-state index contributed by atoms with van der Waals surface area (Å²) in [7, 11) is 0. The average Bonchev–Trinajstić information content (AvgIpc) is 3.04. The van der Waals surface area contributed by atoms with Crippen molar-refractivity contribution >= 4 is 126 Å². The van der Waals surface area contributed by atoms with Gasteiger partial charge in [0, 0.05) is 9.79 Å². The number of thioether (sulfide) groups is 4. The number of carboxylic acids is 2. The number of carbonyl (C=O) groups excluding carboxylic acids is 2. The molecule has 0 radical (unpaired) electrons. The Morgan fingerprint density at radius 1 is 0.556 bits per heavy atom. The largest absolute Gasteiger partial charge is 2.00 e. The van der Waals surface area contributed by atoms with Crippen molar-refractivity contribution in [3.05, 3.63) is 92.2 Å². The third-order valence-electron chi connectivity index (χ3n) is 6.80. The smallest absolute Gasteiger partial charge is 0.545 e. The molecule has 0 unspecified atom stereocenters. The number of carboxylic acid groups (broad SMARTS) is 2. The maximum absolute atomic E-state index is 12.7. The molecule has 2 heterocycles. The zero-order valence-corrected chi connectivity index (χ0v) is 29.1. The van der Waals surface area contributed by atoms with Crippen LogP contribution in [0, 0.1) is 0 Å².